The fraction of sp³-hybridized carbons (Fsp3) is 0.176. The van der Waals surface area contributed by atoms with E-state index in [-0.39, 0.29) is 11.9 Å². The Labute approximate surface area is 129 Å². The molecule has 0 aliphatic heterocycles. The highest BCUT2D eigenvalue weighted by molar-refractivity contribution is 6.05. The maximum atomic E-state index is 12.2. The van der Waals surface area contributed by atoms with E-state index in [0.29, 0.717) is 17.8 Å². The van der Waals surface area contributed by atoms with Crippen molar-refractivity contribution in [3.8, 4) is 0 Å². The summed E-state index contributed by atoms with van der Waals surface area (Å²) < 4.78 is 0. The van der Waals surface area contributed by atoms with Crippen LogP contribution in [0, 0.1) is 6.92 Å². The van der Waals surface area contributed by atoms with Crippen molar-refractivity contribution in [1.29, 1.82) is 0 Å². The maximum Gasteiger partial charge on any atom is 0.319 e. The number of benzene rings is 2. The van der Waals surface area contributed by atoms with Crippen LogP contribution in [0.5, 0.6) is 0 Å². The first-order chi connectivity index (χ1) is 10.6. The number of aryl methyl sites for hydroxylation is 1. The van der Waals surface area contributed by atoms with E-state index in [1.54, 1.807) is 12.1 Å². The Balaban J connectivity index is 2.14. The van der Waals surface area contributed by atoms with Crippen molar-refractivity contribution >= 4 is 23.3 Å². The number of amides is 3. The highest BCUT2D eigenvalue weighted by Crippen LogP contribution is 2.18. The highest BCUT2D eigenvalue weighted by atomic mass is 16.2. The third kappa shape index (κ3) is 4.09. The highest BCUT2D eigenvalue weighted by Gasteiger charge is 2.10. The third-order valence-electron chi connectivity index (χ3n) is 3.12. The fourth-order valence-electron chi connectivity index (χ4n) is 1.95. The van der Waals surface area contributed by atoms with Gasteiger partial charge in [-0.2, -0.15) is 0 Å². The van der Waals surface area contributed by atoms with Gasteiger partial charge in [-0.05, 0) is 43.7 Å². The molecule has 22 heavy (non-hydrogen) atoms. The summed E-state index contributed by atoms with van der Waals surface area (Å²) in [5.74, 6) is -0.217. The molecule has 2 aromatic rings. The van der Waals surface area contributed by atoms with Crippen molar-refractivity contribution in [1.82, 2.24) is 5.32 Å². The van der Waals surface area contributed by atoms with Gasteiger partial charge in [0.05, 0.1) is 0 Å². The Morgan fingerprint density at radius 2 is 1.73 bits per heavy atom. The second kappa shape index (κ2) is 7.26. The van der Waals surface area contributed by atoms with Crippen LogP contribution in [0.15, 0.2) is 48.5 Å². The van der Waals surface area contributed by atoms with E-state index in [0.717, 1.165) is 11.3 Å². The number of anilines is 2. The number of para-hydroxylation sites is 1. The number of carbonyl (C=O) groups is 2. The summed E-state index contributed by atoms with van der Waals surface area (Å²) in [5, 5.41) is 8.22. The van der Waals surface area contributed by atoms with E-state index in [2.05, 4.69) is 16.0 Å². The minimum Gasteiger partial charge on any atom is -0.338 e. The molecule has 2 rings (SSSR count). The molecule has 0 spiro atoms. The molecule has 0 fully saturated rings. The van der Waals surface area contributed by atoms with E-state index in [1.165, 1.54) is 0 Å². The number of hydrogen-bond acceptors (Lipinski definition) is 2. The van der Waals surface area contributed by atoms with Crippen LogP contribution in [0.4, 0.5) is 16.2 Å². The predicted octanol–water partition coefficient (Wildman–Crippen LogP) is 3.39. The molecule has 2 aromatic carbocycles. The Bertz CT molecular complexity index is 669. The summed E-state index contributed by atoms with van der Waals surface area (Å²) in [6.45, 7) is 4.26. The van der Waals surface area contributed by atoms with Gasteiger partial charge in [-0.1, -0.05) is 24.3 Å². The summed E-state index contributed by atoms with van der Waals surface area (Å²) in [6.07, 6.45) is 0. The van der Waals surface area contributed by atoms with Crippen LogP contribution >= 0.6 is 0 Å². The summed E-state index contributed by atoms with van der Waals surface area (Å²) in [7, 11) is 0. The van der Waals surface area contributed by atoms with Crippen LogP contribution in [0.3, 0.4) is 0 Å². The van der Waals surface area contributed by atoms with Gasteiger partial charge >= 0.3 is 6.03 Å². The average molecular weight is 297 g/mol. The quantitative estimate of drug-likeness (QED) is 0.809. The molecule has 0 aliphatic rings. The van der Waals surface area contributed by atoms with Crippen LogP contribution in [0.25, 0.3) is 0 Å². The van der Waals surface area contributed by atoms with E-state index in [1.807, 2.05) is 50.2 Å². The average Bonchev–Trinajstić information content (AvgIpc) is 2.50. The van der Waals surface area contributed by atoms with Gasteiger partial charge in [0.25, 0.3) is 5.91 Å². The standard InChI is InChI=1S/C17H19N3O2/c1-3-18-17(22)20-15-11-13(10-9-12(15)2)16(21)19-14-7-5-4-6-8-14/h4-11H,3H2,1-2H3,(H,19,21)(H2,18,20,22). The minimum atomic E-state index is -0.286. The number of carbonyl (C=O) groups excluding carboxylic acids is 2. The second-order valence-corrected chi connectivity index (χ2v) is 4.83. The molecule has 0 aromatic heterocycles. The Morgan fingerprint density at radius 3 is 2.41 bits per heavy atom. The summed E-state index contributed by atoms with van der Waals surface area (Å²) >= 11 is 0. The monoisotopic (exact) mass is 297 g/mol. The Kier molecular flexibility index (Phi) is 5.14. The minimum absolute atomic E-state index is 0.217. The molecule has 3 N–H and O–H groups in total. The lowest BCUT2D eigenvalue weighted by molar-refractivity contribution is 0.102. The van der Waals surface area contributed by atoms with Gasteiger partial charge in [-0.15, -0.1) is 0 Å². The molecule has 0 radical (unpaired) electrons. The molecule has 0 unspecified atom stereocenters. The van der Waals surface area contributed by atoms with Crippen molar-refractivity contribution in [2.45, 2.75) is 13.8 Å². The maximum absolute atomic E-state index is 12.2. The molecular formula is C17H19N3O2. The zero-order chi connectivity index (χ0) is 15.9. The van der Waals surface area contributed by atoms with E-state index >= 15 is 0 Å². The Morgan fingerprint density at radius 1 is 1.00 bits per heavy atom. The number of rotatable bonds is 4. The van der Waals surface area contributed by atoms with Gasteiger partial charge in [-0.25, -0.2) is 4.79 Å². The first kappa shape index (κ1) is 15.6. The van der Waals surface area contributed by atoms with Crippen LogP contribution in [-0.2, 0) is 0 Å². The van der Waals surface area contributed by atoms with Gasteiger partial charge in [0.2, 0.25) is 0 Å². The van der Waals surface area contributed by atoms with Gasteiger partial charge in [0, 0.05) is 23.5 Å². The van der Waals surface area contributed by atoms with Crippen molar-refractivity contribution in [2.75, 3.05) is 17.2 Å². The van der Waals surface area contributed by atoms with E-state index < -0.39 is 0 Å². The van der Waals surface area contributed by atoms with E-state index in [4.69, 9.17) is 0 Å². The van der Waals surface area contributed by atoms with Gasteiger partial charge < -0.3 is 16.0 Å². The molecule has 0 saturated carbocycles. The molecule has 0 heterocycles. The number of urea groups is 1. The molecule has 3 amide bonds. The van der Waals surface area contributed by atoms with Crippen molar-refractivity contribution in [3.05, 3.63) is 59.7 Å². The second-order valence-electron chi connectivity index (χ2n) is 4.83. The first-order valence-corrected chi connectivity index (χ1v) is 7.12. The number of nitrogens with one attached hydrogen (secondary N) is 3. The zero-order valence-electron chi connectivity index (χ0n) is 12.6. The molecule has 114 valence electrons. The molecule has 5 nitrogen and oxygen atoms in total. The van der Waals surface area contributed by atoms with Crippen molar-refractivity contribution in [3.63, 3.8) is 0 Å². The van der Waals surface area contributed by atoms with Crippen molar-refractivity contribution in [2.24, 2.45) is 0 Å². The summed E-state index contributed by atoms with van der Waals surface area (Å²) in [5.41, 5.74) is 2.72. The summed E-state index contributed by atoms with van der Waals surface area (Å²) in [6, 6.07) is 14.2. The molecule has 5 heteroatoms. The third-order valence-corrected chi connectivity index (χ3v) is 3.12. The van der Waals surface area contributed by atoms with E-state index in [9.17, 15) is 9.59 Å². The lowest BCUT2D eigenvalue weighted by Gasteiger charge is -2.11. The first-order valence-electron chi connectivity index (χ1n) is 7.12. The van der Waals surface area contributed by atoms with Crippen LogP contribution in [0.1, 0.15) is 22.8 Å². The zero-order valence-corrected chi connectivity index (χ0v) is 12.6. The van der Waals surface area contributed by atoms with Crippen LogP contribution in [-0.4, -0.2) is 18.5 Å². The normalized spacial score (nSPS) is 9.91. The molecule has 0 atom stereocenters. The number of hydrogen-bond donors (Lipinski definition) is 3. The molecule has 0 saturated heterocycles. The SMILES string of the molecule is CCNC(=O)Nc1cc(C(=O)Nc2ccccc2)ccc1C. The molecule has 0 aliphatic carbocycles. The van der Waals surface area contributed by atoms with Gasteiger partial charge in [0.15, 0.2) is 0 Å². The molecular weight excluding hydrogens is 278 g/mol. The smallest absolute Gasteiger partial charge is 0.319 e. The topological polar surface area (TPSA) is 70.2 Å². The van der Waals surface area contributed by atoms with Crippen LogP contribution in [0.2, 0.25) is 0 Å². The molecule has 0 bridgehead atoms. The van der Waals surface area contributed by atoms with Gasteiger partial charge in [0.1, 0.15) is 0 Å². The van der Waals surface area contributed by atoms with Gasteiger partial charge in [-0.3, -0.25) is 4.79 Å². The predicted molar refractivity (Wildman–Crippen MR) is 88.3 cm³/mol. The lowest BCUT2D eigenvalue weighted by atomic mass is 10.1. The Hall–Kier alpha value is -2.82. The lowest BCUT2D eigenvalue weighted by Crippen LogP contribution is -2.28. The van der Waals surface area contributed by atoms with Crippen LogP contribution < -0.4 is 16.0 Å². The fourth-order valence-corrected chi connectivity index (χ4v) is 1.95. The largest absolute Gasteiger partial charge is 0.338 e. The summed E-state index contributed by atoms with van der Waals surface area (Å²) in [4.78, 5) is 23.9. The van der Waals surface area contributed by atoms with Crippen molar-refractivity contribution < 1.29 is 9.59 Å².